The topological polar surface area (TPSA) is 65.3 Å². The molecule has 0 N–H and O–H groups in total. The van der Waals surface area contributed by atoms with Gasteiger partial charge in [0.15, 0.2) is 5.65 Å². The van der Waals surface area contributed by atoms with E-state index in [1.807, 2.05) is 36.1 Å². The number of fused-ring (bicyclic) bond motifs is 3. The lowest BCUT2D eigenvalue weighted by atomic mass is 10.2. The molecule has 4 aromatic heterocycles. The fourth-order valence-electron chi connectivity index (χ4n) is 3.76. The summed E-state index contributed by atoms with van der Waals surface area (Å²) >= 11 is 0. The van der Waals surface area contributed by atoms with Crippen LogP contribution >= 0.6 is 0 Å². The van der Waals surface area contributed by atoms with E-state index in [1.54, 1.807) is 7.05 Å². The van der Waals surface area contributed by atoms with Crippen molar-refractivity contribution in [3.8, 4) is 11.4 Å². The van der Waals surface area contributed by atoms with Gasteiger partial charge >= 0.3 is 0 Å². The van der Waals surface area contributed by atoms with E-state index in [2.05, 4.69) is 66.6 Å². The van der Waals surface area contributed by atoms with Gasteiger partial charge in [-0.15, -0.1) is 10.2 Å². The minimum Gasteiger partial charge on any atom is -0.333 e. The van der Waals surface area contributed by atoms with Gasteiger partial charge in [-0.05, 0) is 36.8 Å². The maximum atomic E-state index is 4.77. The van der Waals surface area contributed by atoms with Gasteiger partial charge in [0.05, 0.1) is 23.3 Å². The summed E-state index contributed by atoms with van der Waals surface area (Å²) < 4.78 is 6.30. The third-order valence-electron chi connectivity index (χ3n) is 5.14. The Kier molecular flexibility index (Phi) is 4.20. The molecule has 0 atom stereocenters. The van der Waals surface area contributed by atoms with Crippen LogP contribution in [0.4, 0.5) is 0 Å². The monoisotopic (exact) mass is 383 g/mol. The van der Waals surface area contributed by atoms with Crippen LogP contribution < -0.4 is 0 Å². The first-order valence-corrected chi connectivity index (χ1v) is 9.57. The van der Waals surface area contributed by atoms with Crippen LogP contribution in [0.25, 0.3) is 28.1 Å². The average molecular weight is 383 g/mol. The summed E-state index contributed by atoms with van der Waals surface area (Å²) in [6, 6.07) is 18.8. The summed E-state index contributed by atoms with van der Waals surface area (Å²) in [6.45, 7) is 3.40. The maximum absolute atomic E-state index is 4.77. The molecule has 0 fully saturated rings. The van der Waals surface area contributed by atoms with E-state index >= 15 is 0 Å². The lowest BCUT2D eigenvalue weighted by molar-refractivity contribution is 0.729. The number of aliphatic imine (C=N–C) groups is 1. The summed E-state index contributed by atoms with van der Waals surface area (Å²) in [5.41, 5.74) is 6.30. The van der Waals surface area contributed by atoms with Gasteiger partial charge in [0.2, 0.25) is 0 Å². The number of aromatic nitrogens is 6. The molecule has 29 heavy (non-hydrogen) atoms. The zero-order valence-corrected chi connectivity index (χ0v) is 16.4. The molecule has 0 aliphatic heterocycles. The van der Waals surface area contributed by atoms with Gasteiger partial charge in [0.1, 0.15) is 11.5 Å². The lowest BCUT2D eigenvalue weighted by Crippen LogP contribution is -2.03. The van der Waals surface area contributed by atoms with Crippen molar-refractivity contribution in [1.29, 1.82) is 0 Å². The minimum absolute atomic E-state index is 0.657. The molecule has 5 rings (SSSR count). The van der Waals surface area contributed by atoms with E-state index in [4.69, 9.17) is 5.10 Å². The largest absolute Gasteiger partial charge is 0.333 e. The van der Waals surface area contributed by atoms with Gasteiger partial charge in [-0.3, -0.25) is 14.1 Å². The fourth-order valence-corrected chi connectivity index (χ4v) is 3.76. The number of benzene rings is 1. The van der Waals surface area contributed by atoms with Crippen molar-refractivity contribution in [3.05, 3.63) is 72.2 Å². The summed E-state index contributed by atoms with van der Waals surface area (Å²) in [6.07, 6.45) is 3.83. The van der Waals surface area contributed by atoms with E-state index in [0.717, 1.165) is 40.4 Å². The van der Waals surface area contributed by atoms with Crippen LogP contribution in [0.1, 0.15) is 11.4 Å². The van der Waals surface area contributed by atoms with Crippen molar-refractivity contribution in [2.75, 3.05) is 7.05 Å². The molecular weight excluding hydrogens is 362 g/mol. The second kappa shape index (κ2) is 7.01. The second-order valence-electron chi connectivity index (χ2n) is 7.01. The lowest BCUT2D eigenvalue weighted by Gasteiger charge is -2.10. The number of nitrogens with zero attached hydrogens (tertiary/aromatic N) is 7. The fraction of sp³-hybridized carbons (Fsp3) is 0.182. The predicted octanol–water partition coefficient (Wildman–Crippen LogP) is 3.60. The summed E-state index contributed by atoms with van der Waals surface area (Å²) in [5.74, 6) is 0.874. The minimum atomic E-state index is 0.657. The Morgan fingerprint density at radius 2 is 1.86 bits per heavy atom. The van der Waals surface area contributed by atoms with Crippen LogP contribution in [0, 0.1) is 6.92 Å². The molecule has 5 aromatic rings. The molecule has 0 bridgehead atoms. The smallest absolute Gasteiger partial charge is 0.161 e. The number of pyridine rings is 1. The quantitative estimate of drug-likeness (QED) is 0.436. The SMILES string of the molecule is CN=CCn1ccc(-c2cc3c(ccc4nnc(C)n43)n2Cc2ccccc2)n1. The molecule has 0 unspecified atom stereocenters. The molecule has 1 aromatic carbocycles. The molecule has 7 heteroatoms. The van der Waals surface area contributed by atoms with Gasteiger partial charge in [0.25, 0.3) is 0 Å². The van der Waals surface area contributed by atoms with Crippen molar-refractivity contribution in [2.45, 2.75) is 20.0 Å². The van der Waals surface area contributed by atoms with Crippen LogP contribution in [0.3, 0.4) is 0 Å². The first-order valence-electron chi connectivity index (χ1n) is 9.57. The molecular formula is C22H21N7. The van der Waals surface area contributed by atoms with E-state index in [1.165, 1.54) is 5.56 Å². The van der Waals surface area contributed by atoms with Crippen LogP contribution in [0.2, 0.25) is 0 Å². The Morgan fingerprint density at radius 3 is 2.69 bits per heavy atom. The highest BCUT2D eigenvalue weighted by Crippen LogP contribution is 2.29. The Bertz CT molecular complexity index is 1320. The number of hydrogen-bond acceptors (Lipinski definition) is 4. The molecule has 4 heterocycles. The van der Waals surface area contributed by atoms with Crippen LogP contribution in [-0.2, 0) is 13.1 Å². The zero-order chi connectivity index (χ0) is 19.8. The van der Waals surface area contributed by atoms with Crippen molar-refractivity contribution < 1.29 is 0 Å². The molecule has 0 saturated carbocycles. The normalized spacial score (nSPS) is 11.9. The summed E-state index contributed by atoms with van der Waals surface area (Å²) in [5, 5.41) is 13.3. The molecule has 0 aliphatic rings. The number of hydrogen-bond donors (Lipinski definition) is 0. The van der Waals surface area contributed by atoms with Gasteiger partial charge in [-0.1, -0.05) is 30.3 Å². The van der Waals surface area contributed by atoms with Gasteiger partial charge in [0, 0.05) is 26.0 Å². The zero-order valence-electron chi connectivity index (χ0n) is 16.4. The number of rotatable bonds is 5. The molecule has 0 spiro atoms. The van der Waals surface area contributed by atoms with Gasteiger partial charge < -0.3 is 4.57 Å². The first-order chi connectivity index (χ1) is 14.2. The van der Waals surface area contributed by atoms with E-state index in [0.29, 0.717) is 6.54 Å². The summed E-state index contributed by atoms with van der Waals surface area (Å²) in [7, 11) is 1.77. The van der Waals surface area contributed by atoms with Crippen LogP contribution in [0.15, 0.2) is 65.8 Å². The highest BCUT2D eigenvalue weighted by Gasteiger charge is 2.17. The van der Waals surface area contributed by atoms with Crippen molar-refractivity contribution in [1.82, 2.24) is 28.9 Å². The second-order valence-corrected chi connectivity index (χ2v) is 7.01. The Labute approximate surface area is 167 Å². The maximum Gasteiger partial charge on any atom is 0.161 e. The third-order valence-corrected chi connectivity index (χ3v) is 5.14. The molecule has 0 aliphatic carbocycles. The Balaban J connectivity index is 1.72. The molecule has 0 radical (unpaired) electrons. The third kappa shape index (κ3) is 3.00. The molecule has 7 nitrogen and oxygen atoms in total. The standard InChI is InChI=1S/C22H21N7/c1-16-24-25-22-9-8-19-21(29(16)22)14-20(18-10-12-27(26-18)13-11-23-2)28(19)15-17-6-4-3-5-7-17/h3-12,14H,13,15H2,1-2H3. The number of aryl methyl sites for hydroxylation is 1. The van der Waals surface area contributed by atoms with Crippen molar-refractivity contribution >= 4 is 22.9 Å². The average Bonchev–Trinajstić information content (AvgIpc) is 3.45. The highest BCUT2D eigenvalue weighted by molar-refractivity contribution is 5.86. The molecule has 0 saturated heterocycles. The van der Waals surface area contributed by atoms with E-state index in [9.17, 15) is 0 Å². The van der Waals surface area contributed by atoms with Gasteiger partial charge in [-0.25, -0.2) is 0 Å². The van der Waals surface area contributed by atoms with Crippen LogP contribution in [0.5, 0.6) is 0 Å². The Hall–Kier alpha value is -3.74. The van der Waals surface area contributed by atoms with Crippen LogP contribution in [-0.4, -0.2) is 42.2 Å². The van der Waals surface area contributed by atoms with E-state index < -0.39 is 0 Å². The first kappa shape index (κ1) is 17.4. The molecule has 0 amide bonds. The summed E-state index contributed by atoms with van der Waals surface area (Å²) in [4.78, 5) is 4.05. The highest BCUT2D eigenvalue weighted by atomic mass is 15.3. The van der Waals surface area contributed by atoms with E-state index in [-0.39, 0.29) is 0 Å². The van der Waals surface area contributed by atoms with Crippen molar-refractivity contribution in [3.63, 3.8) is 0 Å². The molecule has 144 valence electrons. The Morgan fingerprint density at radius 1 is 1.00 bits per heavy atom. The van der Waals surface area contributed by atoms with Crippen molar-refractivity contribution in [2.24, 2.45) is 4.99 Å². The predicted molar refractivity (Wildman–Crippen MR) is 114 cm³/mol. The van der Waals surface area contributed by atoms with Gasteiger partial charge in [-0.2, -0.15) is 5.10 Å².